The van der Waals surface area contributed by atoms with E-state index in [9.17, 15) is 0 Å². The van der Waals surface area contributed by atoms with Crippen LogP contribution in [-0.4, -0.2) is 24.1 Å². The van der Waals surface area contributed by atoms with Crippen molar-refractivity contribution in [2.45, 2.75) is 32.1 Å². The number of benzene rings is 1. The predicted octanol–water partition coefficient (Wildman–Crippen LogP) is 3.56. The van der Waals surface area contributed by atoms with Crippen LogP contribution < -0.4 is 10.6 Å². The summed E-state index contributed by atoms with van der Waals surface area (Å²) in [5, 5.41) is 12.2. The molecular formula is C16H22BrN3O. The average Bonchev–Trinajstić information content (AvgIpc) is 2.53. The van der Waals surface area contributed by atoms with E-state index in [1.807, 2.05) is 12.1 Å². The van der Waals surface area contributed by atoms with Crippen LogP contribution in [0.1, 0.15) is 37.7 Å². The minimum absolute atomic E-state index is 0.184. The summed E-state index contributed by atoms with van der Waals surface area (Å²) in [6.07, 6.45) is 6.75. The number of piperidine rings is 1. The van der Waals surface area contributed by atoms with Gasteiger partial charge in [0.15, 0.2) is 5.84 Å². The fourth-order valence-electron chi connectivity index (χ4n) is 3.86. The number of oxime groups is 1. The molecular weight excluding hydrogens is 330 g/mol. The fourth-order valence-corrected chi connectivity index (χ4v) is 4.21. The van der Waals surface area contributed by atoms with Crippen molar-refractivity contribution in [1.29, 1.82) is 0 Å². The van der Waals surface area contributed by atoms with Gasteiger partial charge in [-0.2, -0.15) is 0 Å². The van der Waals surface area contributed by atoms with Crippen molar-refractivity contribution in [3.63, 3.8) is 0 Å². The first kappa shape index (κ1) is 14.7. The van der Waals surface area contributed by atoms with Gasteiger partial charge in [0.05, 0.1) is 0 Å². The van der Waals surface area contributed by atoms with Crippen LogP contribution in [0.5, 0.6) is 0 Å². The van der Waals surface area contributed by atoms with Gasteiger partial charge in [-0.1, -0.05) is 40.3 Å². The molecule has 5 heteroatoms. The molecule has 1 aliphatic carbocycles. The predicted molar refractivity (Wildman–Crippen MR) is 88.9 cm³/mol. The molecule has 0 radical (unpaired) electrons. The van der Waals surface area contributed by atoms with Gasteiger partial charge in [-0.3, -0.25) is 0 Å². The highest BCUT2D eigenvalue weighted by Gasteiger charge is 2.32. The van der Waals surface area contributed by atoms with Gasteiger partial charge in [0.25, 0.3) is 0 Å². The number of amidine groups is 1. The minimum atomic E-state index is 0.184. The van der Waals surface area contributed by atoms with Gasteiger partial charge in [0, 0.05) is 28.8 Å². The molecule has 1 aliphatic heterocycles. The summed E-state index contributed by atoms with van der Waals surface area (Å²) in [4.78, 5) is 2.41. The van der Waals surface area contributed by atoms with Crippen molar-refractivity contribution in [3.8, 4) is 0 Å². The number of rotatable bonds is 2. The first-order valence-corrected chi connectivity index (χ1v) is 8.50. The summed E-state index contributed by atoms with van der Waals surface area (Å²) in [5.41, 5.74) is 7.73. The number of nitrogens with zero attached hydrogens (tertiary/aromatic N) is 2. The average molecular weight is 352 g/mol. The Morgan fingerprint density at radius 3 is 2.76 bits per heavy atom. The van der Waals surface area contributed by atoms with Crippen molar-refractivity contribution in [3.05, 3.63) is 28.2 Å². The Balaban J connectivity index is 1.87. The van der Waals surface area contributed by atoms with E-state index in [0.29, 0.717) is 0 Å². The van der Waals surface area contributed by atoms with E-state index in [-0.39, 0.29) is 5.84 Å². The van der Waals surface area contributed by atoms with Crippen molar-refractivity contribution >= 4 is 27.5 Å². The van der Waals surface area contributed by atoms with Gasteiger partial charge in [-0.25, -0.2) is 0 Å². The molecule has 0 amide bonds. The zero-order chi connectivity index (χ0) is 14.8. The molecule has 2 unspecified atom stereocenters. The number of hydrogen-bond donors (Lipinski definition) is 2. The maximum absolute atomic E-state index is 9.00. The minimum Gasteiger partial charge on any atom is -0.409 e. The zero-order valence-electron chi connectivity index (χ0n) is 12.1. The molecule has 2 atom stereocenters. The summed E-state index contributed by atoms with van der Waals surface area (Å²) in [6, 6.07) is 5.93. The molecule has 1 saturated carbocycles. The maximum Gasteiger partial charge on any atom is 0.172 e. The molecule has 0 aromatic heterocycles. The van der Waals surface area contributed by atoms with Crippen LogP contribution in [0.2, 0.25) is 0 Å². The molecule has 1 aromatic rings. The molecule has 1 saturated heterocycles. The van der Waals surface area contributed by atoms with Crippen LogP contribution in [0.3, 0.4) is 0 Å². The molecule has 0 bridgehead atoms. The molecule has 0 spiro atoms. The molecule has 1 aromatic carbocycles. The standard InChI is InChI=1S/C16H22BrN3O/c17-13-5-6-14(16(18)19-21)15(9-13)20-8-7-11-3-1-2-4-12(11)10-20/h5-6,9,11-12,21H,1-4,7-8,10H2,(H2,18,19). The normalized spacial score (nSPS) is 26.5. The molecule has 21 heavy (non-hydrogen) atoms. The highest BCUT2D eigenvalue weighted by molar-refractivity contribution is 9.10. The van der Waals surface area contributed by atoms with E-state index in [1.165, 1.54) is 32.1 Å². The van der Waals surface area contributed by atoms with E-state index in [0.717, 1.165) is 40.6 Å². The Kier molecular flexibility index (Phi) is 4.38. The van der Waals surface area contributed by atoms with Crippen molar-refractivity contribution in [2.24, 2.45) is 22.7 Å². The van der Waals surface area contributed by atoms with Crippen LogP contribution in [0.25, 0.3) is 0 Å². The molecule has 1 heterocycles. The Morgan fingerprint density at radius 1 is 1.24 bits per heavy atom. The van der Waals surface area contributed by atoms with Gasteiger partial charge in [0.2, 0.25) is 0 Å². The number of nitrogens with two attached hydrogens (primary N) is 1. The lowest BCUT2D eigenvalue weighted by Crippen LogP contribution is -2.42. The maximum atomic E-state index is 9.00. The summed E-state index contributed by atoms with van der Waals surface area (Å²) in [6.45, 7) is 2.15. The van der Waals surface area contributed by atoms with Crippen molar-refractivity contribution in [1.82, 2.24) is 0 Å². The van der Waals surface area contributed by atoms with E-state index < -0.39 is 0 Å². The second kappa shape index (κ2) is 6.26. The first-order chi connectivity index (χ1) is 10.2. The third-order valence-corrected chi connectivity index (χ3v) is 5.47. The highest BCUT2D eigenvalue weighted by Crippen LogP contribution is 2.38. The molecule has 4 nitrogen and oxygen atoms in total. The summed E-state index contributed by atoms with van der Waals surface area (Å²) in [7, 11) is 0. The number of fused-ring (bicyclic) bond motifs is 1. The van der Waals surface area contributed by atoms with E-state index in [2.05, 4.69) is 32.1 Å². The molecule has 2 aliphatic rings. The van der Waals surface area contributed by atoms with Crippen LogP contribution >= 0.6 is 15.9 Å². The monoisotopic (exact) mass is 351 g/mol. The lowest BCUT2D eigenvalue weighted by atomic mass is 9.75. The largest absolute Gasteiger partial charge is 0.409 e. The molecule has 2 fully saturated rings. The number of hydrogen-bond acceptors (Lipinski definition) is 3. The third kappa shape index (κ3) is 3.03. The number of halogens is 1. The van der Waals surface area contributed by atoms with Gasteiger partial charge in [0.1, 0.15) is 0 Å². The number of anilines is 1. The lowest BCUT2D eigenvalue weighted by Gasteiger charge is -2.42. The first-order valence-electron chi connectivity index (χ1n) is 7.71. The Labute approximate surface area is 134 Å². The second-order valence-corrected chi connectivity index (χ2v) is 7.10. The SMILES string of the molecule is N/C(=N/O)c1ccc(Br)cc1N1CCC2CCCCC2C1. The van der Waals surface area contributed by atoms with E-state index >= 15 is 0 Å². The van der Waals surface area contributed by atoms with Crippen LogP contribution in [0.15, 0.2) is 27.8 Å². The summed E-state index contributed by atoms with van der Waals surface area (Å²) >= 11 is 3.53. The van der Waals surface area contributed by atoms with Crippen molar-refractivity contribution in [2.75, 3.05) is 18.0 Å². The van der Waals surface area contributed by atoms with Crippen LogP contribution in [0.4, 0.5) is 5.69 Å². The topological polar surface area (TPSA) is 61.9 Å². The molecule has 3 N–H and O–H groups in total. The fraction of sp³-hybridized carbons (Fsp3) is 0.562. The van der Waals surface area contributed by atoms with Gasteiger partial charge >= 0.3 is 0 Å². The Morgan fingerprint density at radius 2 is 2.00 bits per heavy atom. The summed E-state index contributed by atoms with van der Waals surface area (Å²) < 4.78 is 1.03. The van der Waals surface area contributed by atoms with Crippen LogP contribution in [0, 0.1) is 11.8 Å². The van der Waals surface area contributed by atoms with E-state index in [4.69, 9.17) is 10.9 Å². The highest BCUT2D eigenvalue weighted by atomic mass is 79.9. The smallest absolute Gasteiger partial charge is 0.172 e. The van der Waals surface area contributed by atoms with Gasteiger partial charge < -0.3 is 15.8 Å². The molecule has 3 rings (SSSR count). The molecule has 114 valence electrons. The zero-order valence-corrected chi connectivity index (χ0v) is 13.7. The third-order valence-electron chi connectivity index (χ3n) is 4.98. The van der Waals surface area contributed by atoms with Crippen molar-refractivity contribution < 1.29 is 5.21 Å². The van der Waals surface area contributed by atoms with Crippen LogP contribution in [-0.2, 0) is 0 Å². The second-order valence-electron chi connectivity index (χ2n) is 6.19. The van der Waals surface area contributed by atoms with Gasteiger partial charge in [-0.15, -0.1) is 0 Å². The quantitative estimate of drug-likeness (QED) is 0.370. The lowest BCUT2D eigenvalue weighted by molar-refractivity contribution is 0.202. The van der Waals surface area contributed by atoms with Gasteiger partial charge in [-0.05, 0) is 42.9 Å². The van der Waals surface area contributed by atoms with E-state index in [1.54, 1.807) is 0 Å². The Hall–Kier alpha value is -1.23. The summed E-state index contributed by atoms with van der Waals surface area (Å²) in [5.74, 6) is 1.88. The Bertz CT molecular complexity index is 546.